The highest BCUT2D eigenvalue weighted by molar-refractivity contribution is 4.71. The maximum absolute atomic E-state index is 3.67. The predicted octanol–water partition coefficient (Wildman–Crippen LogP) is 2.43. The van der Waals surface area contributed by atoms with Crippen LogP contribution in [0.3, 0.4) is 0 Å². The molecule has 0 amide bonds. The molecule has 0 heterocycles. The lowest BCUT2D eigenvalue weighted by Gasteiger charge is -2.30. The molecule has 0 aromatic carbocycles. The Balaban J connectivity index is 2.11. The largest absolute Gasteiger partial charge is 0.315 e. The molecular formula is C16H35N3. The monoisotopic (exact) mass is 269 g/mol. The zero-order valence-electron chi connectivity index (χ0n) is 13.6. The Labute approximate surface area is 120 Å². The van der Waals surface area contributed by atoms with E-state index in [4.69, 9.17) is 0 Å². The smallest absolute Gasteiger partial charge is 0.0195 e. The van der Waals surface area contributed by atoms with Crippen molar-refractivity contribution in [1.29, 1.82) is 0 Å². The number of nitrogens with zero attached hydrogens (tertiary/aromatic N) is 2. The fourth-order valence-electron chi connectivity index (χ4n) is 3.25. The molecule has 0 radical (unpaired) electrons. The van der Waals surface area contributed by atoms with Crippen LogP contribution >= 0.6 is 0 Å². The molecule has 0 aromatic heterocycles. The summed E-state index contributed by atoms with van der Waals surface area (Å²) in [5.74, 6) is 0.947. The molecule has 0 aromatic rings. The van der Waals surface area contributed by atoms with Gasteiger partial charge in [0.25, 0.3) is 0 Å². The van der Waals surface area contributed by atoms with Gasteiger partial charge in [0, 0.05) is 25.7 Å². The Morgan fingerprint density at radius 3 is 2.42 bits per heavy atom. The van der Waals surface area contributed by atoms with E-state index < -0.39 is 0 Å². The molecular weight excluding hydrogens is 234 g/mol. The standard InChI is InChI=1S/C16H35N3/c1-5-19(15(2)14-18(3)4)12-11-17-13-16-9-7-6-8-10-16/h15-17H,5-14H2,1-4H3. The molecule has 19 heavy (non-hydrogen) atoms. The number of rotatable bonds is 9. The first-order valence-corrected chi connectivity index (χ1v) is 8.23. The fraction of sp³-hybridized carbons (Fsp3) is 1.00. The third-order valence-electron chi connectivity index (χ3n) is 4.39. The van der Waals surface area contributed by atoms with Gasteiger partial charge in [-0.25, -0.2) is 0 Å². The summed E-state index contributed by atoms with van der Waals surface area (Å²) in [4.78, 5) is 4.86. The van der Waals surface area contributed by atoms with Crippen molar-refractivity contribution in [3.05, 3.63) is 0 Å². The minimum Gasteiger partial charge on any atom is -0.315 e. The van der Waals surface area contributed by atoms with Crippen molar-refractivity contribution >= 4 is 0 Å². The summed E-state index contributed by atoms with van der Waals surface area (Å²) >= 11 is 0. The first kappa shape index (κ1) is 16.9. The Morgan fingerprint density at radius 2 is 1.84 bits per heavy atom. The van der Waals surface area contributed by atoms with Gasteiger partial charge in [0.05, 0.1) is 0 Å². The third kappa shape index (κ3) is 7.28. The Kier molecular flexibility index (Phi) is 8.67. The van der Waals surface area contributed by atoms with Gasteiger partial charge in [-0.2, -0.15) is 0 Å². The molecule has 114 valence electrons. The second-order valence-corrected chi connectivity index (χ2v) is 6.45. The highest BCUT2D eigenvalue weighted by atomic mass is 15.2. The van der Waals surface area contributed by atoms with Crippen LogP contribution in [0.4, 0.5) is 0 Å². The van der Waals surface area contributed by atoms with Gasteiger partial charge in [-0.15, -0.1) is 0 Å². The third-order valence-corrected chi connectivity index (χ3v) is 4.39. The lowest BCUT2D eigenvalue weighted by molar-refractivity contribution is 0.181. The van der Waals surface area contributed by atoms with Crippen LogP contribution in [0.5, 0.6) is 0 Å². The van der Waals surface area contributed by atoms with Crippen LogP contribution in [-0.4, -0.2) is 62.7 Å². The van der Waals surface area contributed by atoms with Crippen molar-refractivity contribution < 1.29 is 0 Å². The van der Waals surface area contributed by atoms with Crippen LogP contribution in [0.25, 0.3) is 0 Å². The quantitative estimate of drug-likeness (QED) is 0.649. The molecule has 0 saturated heterocycles. The number of hydrogen-bond acceptors (Lipinski definition) is 3. The van der Waals surface area contributed by atoms with E-state index in [-0.39, 0.29) is 0 Å². The van der Waals surface area contributed by atoms with E-state index in [0.717, 1.165) is 25.6 Å². The van der Waals surface area contributed by atoms with Crippen LogP contribution in [0.2, 0.25) is 0 Å². The number of nitrogens with one attached hydrogen (secondary N) is 1. The Morgan fingerprint density at radius 1 is 1.16 bits per heavy atom. The maximum atomic E-state index is 3.67. The van der Waals surface area contributed by atoms with E-state index in [9.17, 15) is 0 Å². The maximum Gasteiger partial charge on any atom is 0.0195 e. The number of hydrogen-bond donors (Lipinski definition) is 1. The summed E-state index contributed by atoms with van der Waals surface area (Å²) in [6.07, 6.45) is 7.26. The van der Waals surface area contributed by atoms with E-state index >= 15 is 0 Å². The van der Waals surface area contributed by atoms with Crippen molar-refractivity contribution in [1.82, 2.24) is 15.1 Å². The second-order valence-electron chi connectivity index (χ2n) is 6.45. The normalized spacial score (nSPS) is 19.3. The van der Waals surface area contributed by atoms with E-state index in [2.05, 4.69) is 43.1 Å². The van der Waals surface area contributed by atoms with Gasteiger partial charge in [0.15, 0.2) is 0 Å². The zero-order valence-corrected chi connectivity index (χ0v) is 13.6. The summed E-state index contributed by atoms with van der Waals surface area (Å²) in [5, 5.41) is 3.67. The molecule has 1 fully saturated rings. The van der Waals surface area contributed by atoms with Gasteiger partial charge in [0.2, 0.25) is 0 Å². The lowest BCUT2D eigenvalue weighted by Crippen LogP contribution is -2.43. The predicted molar refractivity (Wildman–Crippen MR) is 84.7 cm³/mol. The van der Waals surface area contributed by atoms with Crippen molar-refractivity contribution in [3.8, 4) is 0 Å². The molecule has 1 aliphatic carbocycles. The molecule has 1 N–H and O–H groups in total. The minimum absolute atomic E-state index is 0.650. The summed E-state index contributed by atoms with van der Waals surface area (Å²) in [7, 11) is 4.32. The zero-order chi connectivity index (χ0) is 14.1. The molecule has 3 heteroatoms. The van der Waals surface area contributed by atoms with Gasteiger partial charge < -0.3 is 10.2 Å². The summed E-state index contributed by atoms with van der Waals surface area (Å²) in [6.45, 7) is 10.5. The van der Waals surface area contributed by atoms with Crippen LogP contribution in [0.15, 0.2) is 0 Å². The van der Waals surface area contributed by atoms with E-state index in [1.807, 2.05) is 0 Å². The molecule has 1 unspecified atom stereocenters. The fourth-order valence-corrected chi connectivity index (χ4v) is 3.25. The average Bonchev–Trinajstić information content (AvgIpc) is 2.39. The summed E-state index contributed by atoms with van der Waals surface area (Å²) in [6, 6.07) is 0.650. The molecule has 1 atom stereocenters. The summed E-state index contributed by atoms with van der Waals surface area (Å²) in [5.41, 5.74) is 0. The summed E-state index contributed by atoms with van der Waals surface area (Å²) < 4.78 is 0. The molecule has 1 rings (SSSR count). The van der Waals surface area contributed by atoms with Crippen molar-refractivity contribution in [2.45, 2.75) is 52.0 Å². The van der Waals surface area contributed by atoms with Crippen LogP contribution < -0.4 is 5.32 Å². The van der Waals surface area contributed by atoms with E-state index in [0.29, 0.717) is 6.04 Å². The molecule has 1 aliphatic rings. The average molecular weight is 269 g/mol. The van der Waals surface area contributed by atoms with Crippen molar-refractivity contribution in [2.75, 3.05) is 46.8 Å². The van der Waals surface area contributed by atoms with Gasteiger partial charge in [-0.05, 0) is 52.9 Å². The number of likely N-dealkylation sites (N-methyl/N-ethyl adjacent to an activating group) is 2. The highest BCUT2D eigenvalue weighted by Crippen LogP contribution is 2.22. The first-order chi connectivity index (χ1) is 9.13. The lowest BCUT2D eigenvalue weighted by atomic mass is 9.89. The molecule has 0 bridgehead atoms. The van der Waals surface area contributed by atoms with E-state index in [1.54, 1.807) is 0 Å². The van der Waals surface area contributed by atoms with Gasteiger partial charge >= 0.3 is 0 Å². The SMILES string of the molecule is CCN(CCNCC1CCCCC1)C(C)CN(C)C. The second kappa shape index (κ2) is 9.73. The topological polar surface area (TPSA) is 18.5 Å². The Bertz CT molecular complexity index is 212. The van der Waals surface area contributed by atoms with Crippen LogP contribution in [0.1, 0.15) is 46.0 Å². The van der Waals surface area contributed by atoms with Crippen molar-refractivity contribution in [2.24, 2.45) is 5.92 Å². The molecule has 0 aliphatic heterocycles. The van der Waals surface area contributed by atoms with Crippen molar-refractivity contribution in [3.63, 3.8) is 0 Å². The molecule has 0 spiro atoms. The van der Waals surface area contributed by atoms with Crippen LogP contribution in [-0.2, 0) is 0 Å². The first-order valence-electron chi connectivity index (χ1n) is 8.23. The van der Waals surface area contributed by atoms with E-state index in [1.165, 1.54) is 45.2 Å². The molecule has 1 saturated carbocycles. The van der Waals surface area contributed by atoms with Crippen LogP contribution in [0, 0.1) is 5.92 Å². The molecule has 3 nitrogen and oxygen atoms in total. The van der Waals surface area contributed by atoms with Gasteiger partial charge in [0.1, 0.15) is 0 Å². The van der Waals surface area contributed by atoms with Gasteiger partial charge in [-0.1, -0.05) is 26.2 Å². The Hall–Kier alpha value is -0.120. The highest BCUT2D eigenvalue weighted by Gasteiger charge is 2.14. The minimum atomic E-state index is 0.650. The van der Waals surface area contributed by atoms with Gasteiger partial charge in [-0.3, -0.25) is 4.90 Å².